The van der Waals surface area contributed by atoms with Gasteiger partial charge in [-0.1, -0.05) is 44.2 Å². The van der Waals surface area contributed by atoms with Crippen LogP contribution in [0.25, 0.3) is 0 Å². The molecule has 1 N–H and O–H groups in total. The Morgan fingerprint density at radius 1 is 1.19 bits per heavy atom. The lowest BCUT2D eigenvalue weighted by Gasteiger charge is -2.35. The van der Waals surface area contributed by atoms with E-state index in [0.29, 0.717) is 18.0 Å². The van der Waals surface area contributed by atoms with Crippen molar-refractivity contribution < 1.29 is 4.79 Å². The fourth-order valence-corrected chi connectivity index (χ4v) is 3.85. The van der Waals surface area contributed by atoms with Crippen LogP contribution in [0.2, 0.25) is 0 Å². The van der Waals surface area contributed by atoms with Crippen LogP contribution in [0.1, 0.15) is 38.7 Å². The van der Waals surface area contributed by atoms with E-state index in [-0.39, 0.29) is 5.41 Å². The normalized spacial score (nSPS) is 25.7. The first kappa shape index (κ1) is 14.6. The molecular weight excluding hydrogens is 260 g/mol. The summed E-state index contributed by atoms with van der Waals surface area (Å²) >= 11 is 0. The van der Waals surface area contributed by atoms with Gasteiger partial charge in [-0.3, -0.25) is 4.79 Å². The van der Waals surface area contributed by atoms with Crippen molar-refractivity contribution in [1.82, 2.24) is 10.2 Å². The van der Waals surface area contributed by atoms with Crippen LogP contribution in [0, 0.1) is 5.41 Å². The molecule has 2 aliphatic rings. The quantitative estimate of drug-likeness (QED) is 0.926. The molecule has 0 aromatic heterocycles. The van der Waals surface area contributed by atoms with Gasteiger partial charge in [-0.2, -0.15) is 0 Å². The Kier molecular flexibility index (Phi) is 4.03. The summed E-state index contributed by atoms with van der Waals surface area (Å²) in [6.07, 6.45) is 4.25. The van der Waals surface area contributed by atoms with Crippen LogP contribution in [-0.2, 0) is 11.2 Å². The average Bonchev–Trinajstić information content (AvgIpc) is 2.71. The second-order valence-corrected chi connectivity index (χ2v) is 7.14. The maximum atomic E-state index is 13.1. The van der Waals surface area contributed by atoms with Crippen molar-refractivity contribution in [3.63, 3.8) is 0 Å². The number of nitrogens with zero attached hydrogens (tertiary/aromatic N) is 1. The van der Waals surface area contributed by atoms with Crippen LogP contribution in [0.15, 0.2) is 30.3 Å². The van der Waals surface area contributed by atoms with Gasteiger partial charge in [-0.05, 0) is 37.8 Å². The molecule has 114 valence electrons. The van der Waals surface area contributed by atoms with E-state index in [1.807, 2.05) is 6.07 Å². The van der Waals surface area contributed by atoms with Crippen molar-refractivity contribution in [3.8, 4) is 0 Å². The van der Waals surface area contributed by atoms with Crippen molar-refractivity contribution in [3.05, 3.63) is 35.9 Å². The number of amides is 1. The van der Waals surface area contributed by atoms with E-state index in [0.717, 1.165) is 32.4 Å². The molecular formula is C18H26N2O. The highest BCUT2D eigenvalue weighted by atomic mass is 16.2. The lowest BCUT2D eigenvalue weighted by atomic mass is 9.83. The van der Waals surface area contributed by atoms with Crippen LogP contribution in [0.3, 0.4) is 0 Å². The van der Waals surface area contributed by atoms with Crippen molar-refractivity contribution >= 4 is 5.91 Å². The molecule has 1 aromatic rings. The molecule has 0 aliphatic carbocycles. The maximum Gasteiger partial charge on any atom is 0.229 e. The molecule has 1 aromatic carbocycles. The Hall–Kier alpha value is -1.35. The molecule has 3 rings (SSSR count). The maximum absolute atomic E-state index is 13.1. The van der Waals surface area contributed by atoms with E-state index in [9.17, 15) is 4.79 Å². The van der Waals surface area contributed by atoms with E-state index in [4.69, 9.17) is 0 Å². The van der Waals surface area contributed by atoms with E-state index in [2.05, 4.69) is 48.3 Å². The molecule has 2 aliphatic heterocycles. The highest BCUT2D eigenvalue weighted by molar-refractivity contribution is 5.83. The summed E-state index contributed by atoms with van der Waals surface area (Å²) in [6.45, 7) is 6.20. The Morgan fingerprint density at radius 2 is 1.90 bits per heavy atom. The second-order valence-electron chi connectivity index (χ2n) is 7.14. The van der Waals surface area contributed by atoms with Gasteiger partial charge >= 0.3 is 0 Å². The Bertz CT molecular complexity index is 483. The number of hydrogen-bond donors (Lipinski definition) is 1. The Labute approximate surface area is 127 Å². The number of carbonyl (C=O) groups is 1. The van der Waals surface area contributed by atoms with E-state index >= 15 is 0 Å². The number of fused-ring (bicyclic) bond motifs is 2. The van der Waals surface area contributed by atoms with Crippen molar-refractivity contribution in [2.45, 2.75) is 51.6 Å². The zero-order valence-electron chi connectivity index (χ0n) is 13.1. The molecule has 3 nitrogen and oxygen atoms in total. The van der Waals surface area contributed by atoms with Crippen LogP contribution in [0.5, 0.6) is 0 Å². The molecule has 2 bridgehead atoms. The van der Waals surface area contributed by atoms with Gasteiger partial charge in [0.2, 0.25) is 5.91 Å². The highest BCUT2D eigenvalue weighted by Crippen LogP contribution is 2.34. The topological polar surface area (TPSA) is 32.3 Å². The first-order chi connectivity index (χ1) is 10.1. The molecule has 0 radical (unpaired) electrons. The number of benzene rings is 1. The summed E-state index contributed by atoms with van der Waals surface area (Å²) < 4.78 is 0. The smallest absolute Gasteiger partial charge is 0.229 e. The summed E-state index contributed by atoms with van der Waals surface area (Å²) in [7, 11) is 0. The SMILES string of the molecule is CC(C)(Cc1ccccc1)C(=O)N1C2CCNCC1CC2. The molecule has 2 saturated heterocycles. The monoisotopic (exact) mass is 286 g/mol. The minimum absolute atomic E-state index is 0.327. The zero-order chi connectivity index (χ0) is 14.9. The van der Waals surface area contributed by atoms with Crippen molar-refractivity contribution in [2.75, 3.05) is 13.1 Å². The first-order valence-electron chi connectivity index (χ1n) is 8.15. The third kappa shape index (κ3) is 2.98. The molecule has 2 heterocycles. The predicted octanol–water partition coefficient (Wildman–Crippen LogP) is 2.61. The lowest BCUT2D eigenvalue weighted by Crippen LogP contribution is -2.49. The Morgan fingerprint density at radius 3 is 2.67 bits per heavy atom. The standard InChI is InChI=1S/C18H26N2O/c1-18(2,12-14-6-4-3-5-7-14)17(21)20-15-8-9-16(20)13-19-11-10-15/h3-7,15-16,19H,8-13H2,1-2H3. The minimum Gasteiger partial charge on any atom is -0.335 e. The average molecular weight is 286 g/mol. The number of rotatable bonds is 3. The van der Waals surface area contributed by atoms with Crippen LogP contribution >= 0.6 is 0 Å². The summed E-state index contributed by atoms with van der Waals surface area (Å²) in [6, 6.07) is 11.2. The molecule has 2 unspecified atom stereocenters. The second kappa shape index (κ2) is 5.80. The Balaban J connectivity index is 1.77. The van der Waals surface area contributed by atoms with Gasteiger partial charge in [-0.25, -0.2) is 0 Å². The highest BCUT2D eigenvalue weighted by Gasteiger charge is 2.43. The van der Waals surface area contributed by atoms with Crippen molar-refractivity contribution in [1.29, 1.82) is 0 Å². The van der Waals surface area contributed by atoms with Crippen molar-refractivity contribution in [2.24, 2.45) is 5.41 Å². The largest absolute Gasteiger partial charge is 0.335 e. The molecule has 21 heavy (non-hydrogen) atoms. The molecule has 0 saturated carbocycles. The van der Waals surface area contributed by atoms with Crippen LogP contribution in [0.4, 0.5) is 0 Å². The number of carbonyl (C=O) groups excluding carboxylic acids is 1. The molecule has 2 fully saturated rings. The van der Waals surface area contributed by atoms with E-state index < -0.39 is 0 Å². The van der Waals surface area contributed by atoms with Gasteiger partial charge in [0.1, 0.15) is 0 Å². The molecule has 3 heteroatoms. The van der Waals surface area contributed by atoms with Gasteiger partial charge in [0.15, 0.2) is 0 Å². The van der Waals surface area contributed by atoms with Gasteiger partial charge in [0.25, 0.3) is 0 Å². The first-order valence-corrected chi connectivity index (χ1v) is 8.15. The van der Waals surface area contributed by atoms with Crippen LogP contribution in [-0.4, -0.2) is 36.0 Å². The fourth-order valence-electron chi connectivity index (χ4n) is 3.85. The third-order valence-electron chi connectivity index (χ3n) is 4.96. The number of hydrogen-bond acceptors (Lipinski definition) is 2. The summed E-state index contributed by atoms with van der Waals surface area (Å²) in [4.78, 5) is 15.3. The molecule has 1 amide bonds. The minimum atomic E-state index is -0.327. The summed E-state index contributed by atoms with van der Waals surface area (Å²) in [5, 5.41) is 3.47. The lowest BCUT2D eigenvalue weighted by molar-refractivity contribution is -0.143. The third-order valence-corrected chi connectivity index (χ3v) is 4.96. The number of nitrogens with one attached hydrogen (secondary N) is 1. The molecule has 2 atom stereocenters. The van der Waals surface area contributed by atoms with E-state index in [1.165, 1.54) is 12.0 Å². The van der Waals surface area contributed by atoms with Gasteiger partial charge in [0, 0.05) is 24.0 Å². The zero-order valence-corrected chi connectivity index (χ0v) is 13.1. The van der Waals surface area contributed by atoms with Gasteiger partial charge in [0.05, 0.1) is 0 Å². The van der Waals surface area contributed by atoms with Gasteiger partial charge < -0.3 is 10.2 Å². The molecule has 0 spiro atoms. The van der Waals surface area contributed by atoms with Crippen LogP contribution < -0.4 is 5.32 Å². The predicted molar refractivity (Wildman–Crippen MR) is 85.1 cm³/mol. The fraction of sp³-hybridized carbons (Fsp3) is 0.611. The summed E-state index contributed by atoms with van der Waals surface area (Å²) in [5.41, 5.74) is 0.920. The summed E-state index contributed by atoms with van der Waals surface area (Å²) in [5.74, 6) is 0.336. The van der Waals surface area contributed by atoms with Gasteiger partial charge in [-0.15, -0.1) is 0 Å². The van der Waals surface area contributed by atoms with E-state index in [1.54, 1.807) is 0 Å².